The van der Waals surface area contributed by atoms with E-state index in [4.69, 9.17) is 16.3 Å². The Labute approximate surface area is 172 Å². The quantitative estimate of drug-likeness (QED) is 0.257. The normalized spacial score (nSPS) is 12.5. The van der Waals surface area contributed by atoms with Crippen LogP contribution in [0.15, 0.2) is 36.8 Å². The van der Waals surface area contributed by atoms with E-state index < -0.39 is 14.4 Å². The molecule has 2 heterocycles. The first kappa shape index (κ1) is 21.6. The van der Waals surface area contributed by atoms with Crippen molar-refractivity contribution < 1.29 is 22.6 Å². The Bertz CT molecular complexity index is 1000. The topological polar surface area (TPSA) is 49.2 Å². The summed E-state index contributed by atoms with van der Waals surface area (Å²) in [5.74, 6) is -0.310. The fourth-order valence-corrected chi connectivity index (χ4v) is 3.79. The summed E-state index contributed by atoms with van der Waals surface area (Å²) in [7, 11) is -1.22. The van der Waals surface area contributed by atoms with Crippen LogP contribution in [0.3, 0.4) is 0 Å². The van der Waals surface area contributed by atoms with Crippen molar-refractivity contribution in [2.24, 2.45) is 0 Å². The number of benzene rings is 1. The molecule has 0 aliphatic rings. The molecule has 0 aliphatic carbocycles. The van der Waals surface area contributed by atoms with E-state index in [2.05, 4.69) is 34.3 Å². The summed E-state index contributed by atoms with van der Waals surface area (Å²) in [5, 5.41) is 0.764. The Hall–Kier alpha value is -2.10. The van der Waals surface area contributed by atoms with Crippen LogP contribution in [0.25, 0.3) is 22.2 Å². The predicted molar refractivity (Wildman–Crippen MR) is 109 cm³/mol. The summed E-state index contributed by atoms with van der Waals surface area (Å²) < 4.78 is 49.3. The van der Waals surface area contributed by atoms with Gasteiger partial charge in [-0.05, 0) is 23.7 Å². The molecule has 29 heavy (non-hydrogen) atoms. The molecule has 0 bridgehead atoms. The van der Waals surface area contributed by atoms with E-state index in [1.807, 2.05) is 0 Å². The first-order valence-electron chi connectivity index (χ1n) is 8.97. The van der Waals surface area contributed by atoms with Gasteiger partial charge in [-0.2, -0.15) is 0 Å². The van der Waals surface area contributed by atoms with E-state index in [9.17, 15) is 13.2 Å². The SMILES string of the molecule is C[Si](C)(C)CCOCn1cc(-c2cccc(OC(F)(F)F)c2)c2c(Cl)ncnc21. The number of hydrogen-bond donors (Lipinski definition) is 0. The molecule has 0 fully saturated rings. The molecule has 0 spiro atoms. The van der Waals surface area contributed by atoms with Crippen molar-refractivity contribution in [1.29, 1.82) is 0 Å². The Morgan fingerprint density at radius 1 is 1.17 bits per heavy atom. The molecular weight excluding hydrogens is 423 g/mol. The highest BCUT2D eigenvalue weighted by atomic mass is 35.5. The van der Waals surface area contributed by atoms with E-state index in [1.165, 1.54) is 24.5 Å². The van der Waals surface area contributed by atoms with Crippen molar-refractivity contribution in [3.63, 3.8) is 0 Å². The van der Waals surface area contributed by atoms with Gasteiger partial charge < -0.3 is 14.0 Å². The first-order chi connectivity index (χ1) is 13.5. The number of rotatable bonds is 7. The van der Waals surface area contributed by atoms with E-state index >= 15 is 0 Å². The number of hydrogen-bond acceptors (Lipinski definition) is 4. The van der Waals surface area contributed by atoms with Crippen LogP contribution in [-0.4, -0.2) is 35.6 Å². The molecule has 0 radical (unpaired) electrons. The predicted octanol–water partition coefficient (Wildman–Crippen LogP) is 5.96. The molecule has 156 valence electrons. The molecule has 10 heteroatoms. The summed E-state index contributed by atoms with van der Waals surface area (Å²) >= 11 is 6.28. The van der Waals surface area contributed by atoms with Gasteiger partial charge in [0.15, 0.2) is 0 Å². The van der Waals surface area contributed by atoms with Gasteiger partial charge in [-0.3, -0.25) is 0 Å². The minimum absolute atomic E-state index is 0.216. The lowest BCUT2D eigenvalue weighted by Gasteiger charge is -2.15. The van der Waals surface area contributed by atoms with Crippen LogP contribution in [0.5, 0.6) is 5.75 Å². The van der Waals surface area contributed by atoms with Crippen LogP contribution in [0, 0.1) is 0 Å². The number of halogens is 4. The average molecular weight is 444 g/mol. The monoisotopic (exact) mass is 443 g/mol. The number of alkyl halides is 3. The Morgan fingerprint density at radius 2 is 1.93 bits per heavy atom. The minimum atomic E-state index is -4.77. The van der Waals surface area contributed by atoms with Gasteiger partial charge in [-0.1, -0.05) is 43.4 Å². The van der Waals surface area contributed by atoms with Crippen LogP contribution in [0.1, 0.15) is 0 Å². The summed E-state index contributed by atoms with van der Waals surface area (Å²) in [6, 6.07) is 6.74. The van der Waals surface area contributed by atoms with Crippen LogP contribution >= 0.6 is 11.6 Å². The van der Waals surface area contributed by atoms with Crippen molar-refractivity contribution in [3.05, 3.63) is 41.9 Å². The van der Waals surface area contributed by atoms with Crippen molar-refractivity contribution in [3.8, 4) is 16.9 Å². The second kappa shape index (κ2) is 8.33. The molecule has 0 N–H and O–H groups in total. The van der Waals surface area contributed by atoms with E-state index in [-0.39, 0.29) is 17.6 Å². The molecule has 2 aromatic heterocycles. The molecule has 0 unspecified atom stereocenters. The van der Waals surface area contributed by atoms with Crippen molar-refractivity contribution >= 4 is 30.7 Å². The Morgan fingerprint density at radius 3 is 2.62 bits per heavy atom. The fraction of sp³-hybridized carbons (Fsp3) is 0.368. The first-order valence-corrected chi connectivity index (χ1v) is 13.1. The third-order valence-electron chi connectivity index (χ3n) is 4.21. The number of nitrogens with zero attached hydrogens (tertiary/aromatic N) is 3. The van der Waals surface area contributed by atoms with Gasteiger partial charge in [0.2, 0.25) is 0 Å². The molecule has 5 nitrogen and oxygen atoms in total. The maximum atomic E-state index is 12.6. The molecule has 1 aromatic carbocycles. The molecule has 0 saturated heterocycles. The highest BCUT2D eigenvalue weighted by molar-refractivity contribution is 6.76. The lowest BCUT2D eigenvalue weighted by molar-refractivity contribution is -0.274. The molecule has 0 amide bonds. The molecule has 3 aromatic rings. The third kappa shape index (κ3) is 5.71. The van der Waals surface area contributed by atoms with Crippen LogP contribution in [-0.2, 0) is 11.5 Å². The van der Waals surface area contributed by atoms with Crippen LogP contribution < -0.4 is 4.74 Å². The number of ether oxygens (including phenoxy) is 2. The Balaban J connectivity index is 1.94. The number of aromatic nitrogens is 3. The smallest absolute Gasteiger partial charge is 0.406 e. The zero-order valence-corrected chi connectivity index (χ0v) is 18.0. The zero-order valence-electron chi connectivity index (χ0n) is 16.3. The molecule has 3 rings (SSSR count). The van der Waals surface area contributed by atoms with Gasteiger partial charge in [0.25, 0.3) is 0 Å². The van der Waals surface area contributed by atoms with Gasteiger partial charge in [0.05, 0.1) is 5.39 Å². The van der Waals surface area contributed by atoms with Gasteiger partial charge in [0, 0.05) is 26.4 Å². The molecular formula is C19H21ClF3N3O2Si. The lowest BCUT2D eigenvalue weighted by Crippen LogP contribution is -2.22. The van der Waals surface area contributed by atoms with Gasteiger partial charge in [-0.25, -0.2) is 9.97 Å². The zero-order chi connectivity index (χ0) is 21.2. The highest BCUT2D eigenvalue weighted by Crippen LogP contribution is 2.35. The van der Waals surface area contributed by atoms with Crippen molar-refractivity contribution in [1.82, 2.24) is 14.5 Å². The van der Waals surface area contributed by atoms with Gasteiger partial charge in [0.1, 0.15) is 29.6 Å². The minimum Gasteiger partial charge on any atom is -0.406 e. The largest absolute Gasteiger partial charge is 0.573 e. The third-order valence-corrected chi connectivity index (χ3v) is 6.20. The Kier molecular flexibility index (Phi) is 6.21. The second-order valence-corrected chi connectivity index (χ2v) is 13.8. The summed E-state index contributed by atoms with van der Waals surface area (Å²) in [5.41, 5.74) is 1.66. The highest BCUT2D eigenvalue weighted by Gasteiger charge is 2.31. The van der Waals surface area contributed by atoms with Gasteiger partial charge >= 0.3 is 6.36 Å². The fourth-order valence-electron chi connectivity index (χ4n) is 2.81. The molecule has 0 saturated carbocycles. The number of fused-ring (bicyclic) bond motifs is 1. The second-order valence-electron chi connectivity index (χ2n) is 7.80. The maximum absolute atomic E-state index is 12.6. The standard InChI is InChI=1S/C19H21ClF3N3O2Si/c1-29(2,3)8-7-27-12-26-10-15(16-17(20)24-11-25-18(16)26)13-5-4-6-14(9-13)28-19(21,22)23/h4-6,9-11H,7-8,12H2,1-3H3. The van der Waals surface area contributed by atoms with Crippen LogP contribution in [0.4, 0.5) is 13.2 Å². The van der Waals surface area contributed by atoms with Crippen molar-refractivity contribution in [2.45, 2.75) is 38.8 Å². The van der Waals surface area contributed by atoms with E-state index in [0.717, 1.165) is 6.04 Å². The van der Waals surface area contributed by atoms with E-state index in [1.54, 1.807) is 16.8 Å². The van der Waals surface area contributed by atoms with E-state index in [0.29, 0.717) is 28.8 Å². The van der Waals surface area contributed by atoms with Crippen LogP contribution in [0.2, 0.25) is 30.8 Å². The molecule has 0 atom stereocenters. The maximum Gasteiger partial charge on any atom is 0.573 e. The molecule has 0 aliphatic heterocycles. The summed E-state index contributed by atoms with van der Waals surface area (Å²) in [4.78, 5) is 8.29. The lowest BCUT2D eigenvalue weighted by atomic mass is 10.1. The average Bonchev–Trinajstić information content (AvgIpc) is 2.97. The van der Waals surface area contributed by atoms with Crippen molar-refractivity contribution in [2.75, 3.05) is 6.61 Å². The summed E-state index contributed by atoms with van der Waals surface area (Å²) in [6.45, 7) is 7.68. The summed E-state index contributed by atoms with van der Waals surface area (Å²) in [6.07, 6.45) is -1.67. The van der Waals surface area contributed by atoms with Gasteiger partial charge in [-0.15, -0.1) is 13.2 Å².